The van der Waals surface area contributed by atoms with Crippen LogP contribution in [0.1, 0.15) is 16.7 Å². The molecule has 0 fully saturated rings. The van der Waals surface area contributed by atoms with E-state index in [0.29, 0.717) is 0 Å². The third kappa shape index (κ3) is 4.23. The topological polar surface area (TPSA) is 33.6 Å². The van der Waals surface area contributed by atoms with Gasteiger partial charge in [-0.05, 0) is 66.9 Å². The predicted molar refractivity (Wildman–Crippen MR) is 100 cm³/mol. The Labute approximate surface area is 142 Å². The summed E-state index contributed by atoms with van der Waals surface area (Å²) in [4.78, 5) is 0. The van der Waals surface area contributed by atoms with Gasteiger partial charge in [-0.15, -0.1) is 0 Å². The van der Waals surface area contributed by atoms with Gasteiger partial charge in [0, 0.05) is 0 Å². The molecule has 0 spiro atoms. The maximum Gasteiger partial charge on any atom is 0.128 e. The highest BCUT2D eigenvalue weighted by Crippen LogP contribution is 2.21. The van der Waals surface area contributed by atoms with Gasteiger partial charge in [0.25, 0.3) is 0 Å². The van der Waals surface area contributed by atoms with Crippen molar-refractivity contribution in [2.75, 3.05) is 5.43 Å². The van der Waals surface area contributed by atoms with Crippen LogP contribution in [0.25, 0.3) is 0 Å². The van der Waals surface area contributed by atoms with E-state index in [1.54, 1.807) is 6.21 Å². The van der Waals surface area contributed by atoms with Crippen LogP contribution < -0.4 is 10.2 Å². The maximum absolute atomic E-state index is 5.83. The molecule has 0 aliphatic carbocycles. The van der Waals surface area contributed by atoms with Crippen molar-refractivity contribution in [3.05, 3.63) is 89.5 Å². The second-order valence-electron chi connectivity index (χ2n) is 5.66. The molecule has 0 aliphatic rings. The van der Waals surface area contributed by atoms with Crippen LogP contribution in [0.3, 0.4) is 0 Å². The molecule has 0 heterocycles. The number of aryl methyl sites for hydroxylation is 2. The van der Waals surface area contributed by atoms with Gasteiger partial charge in [0.05, 0.1) is 11.9 Å². The maximum atomic E-state index is 5.83. The third-order valence-corrected chi connectivity index (χ3v) is 3.75. The summed E-state index contributed by atoms with van der Waals surface area (Å²) in [5, 5.41) is 4.30. The Morgan fingerprint density at radius 2 is 1.58 bits per heavy atom. The molecule has 0 saturated heterocycles. The minimum atomic E-state index is 0.788. The molecule has 3 aromatic carbocycles. The van der Waals surface area contributed by atoms with Gasteiger partial charge < -0.3 is 4.74 Å². The van der Waals surface area contributed by atoms with E-state index in [0.717, 1.165) is 22.7 Å². The van der Waals surface area contributed by atoms with Crippen molar-refractivity contribution in [1.82, 2.24) is 0 Å². The summed E-state index contributed by atoms with van der Waals surface area (Å²) < 4.78 is 5.83. The Morgan fingerprint density at radius 3 is 2.38 bits per heavy atom. The van der Waals surface area contributed by atoms with E-state index in [1.165, 1.54) is 11.1 Å². The zero-order chi connectivity index (χ0) is 16.8. The molecule has 0 radical (unpaired) electrons. The van der Waals surface area contributed by atoms with Crippen LogP contribution in [0.2, 0.25) is 0 Å². The molecule has 0 aliphatic heterocycles. The molecule has 0 atom stereocenters. The van der Waals surface area contributed by atoms with Gasteiger partial charge in [-0.1, -0.05) is 36.4 Å². The molecule has 0 amide bonds. The molecule has 0 bridgehead atoms. The summed E-state index contributed by atoms with van der Waals surface area (Å²) in [5.74, 6) is 1.61. The van der Waals surface area contributed by atoms with Crippen molar-refractivity contribution >= 4 is 11.9 Å². The summed E-state index contributed by atoms with van der Waals surface area (Å²) in [6, 6.07) is 23.8. The fourth-order valence-electron chi connectivity index (χ4n) is 2.28. The highest BCUT2D eigenvalue weighted by molar-refractivity contribution is 5.80. The molecular weight excluding hydrogens is 296 g/mol. The number of hydrogen-bond acceptors (Lipinski definition) is 3. The molecule has 0 unspecified atom stereocenters. The molecule has 3 heteroatoms. The highest BCUT2D eigenvalue weighted by Gasteiger charge is 1.98. The van der Waals surface area contributed by atoms with E-state index in [1.807, 2.05) is 60.7 Å². The molecule has 3 nitrogen and oxygen atoms in total. The number of hydrazone groups is 1. The van der Waals surface area contributed by atoms with Gasteiger partial charge in [0.15, 0.2) is 0 Å². The SMILES string of the molecule is Cc1ccc(NN=Cc2cccc(Oc3ccccc3)c2)cc1C. The summed E-state index contributed by atoms with van der Waals surface area (Å²) in [5.41, 5.74) is 7.53. The second kappa shape index (κ2) is 7.47. The van der Waals surface area contributed by atoms with Gasteiger partial charge in [0.2, 0.25) is 0 Å². The van der Waals surface area contributed by atoms with E-state index in [2.05, 4.69) is 36.5 Å². The van der Waals surface area contributed by atoms with Crippen LogP contribution >= 0.6 is 0 Å². The number of nitrogens with zero attached hydrogens (tertiary/aromatic N) is 1. The minimum absolute atomic E-state index is 0.788. The molecule has 24 heavy (non-hydrogen) atoms. The molecule has 1 N–H and O–H groups in total. The molecule has 120 valence electrons. The van der Waals surface area contributed by atoms with Crippen LogP contribution in [0, 0.1) is 13.8 Å². The largest absolute Gasteiger partial charge is 0.457 e. The number of nitrogens with one attached hydrogen (secondary N) is 1. The number of benzene rings is 3. The van der Waals surface area contributed by atoms with Crippen LogP contribution in [-0.2, 0) is 0 Å². The Morgan fingerprint density at radius 1 is 0.792 bits per heavy atom. The predicted octanol–water partition coefficient (Wildman–Crippen LogP) is 5.54. The molecule has 3 rings (SSSR count). The average Bonchev–Trinajstić information content (AvgIpc) is 2.59. The zero-order valence-corrected chi connectivity index (χ0v) is 13.9. The van der Waals surface area contributed by atoms with E-state index < -0.39 is 0 Å². The van der Waals surface area contributed by atoms with E-state index in [-0.39, 0.29) is 0 Å². The lowest BCUT2D eigenvalue weighted by atomic mass is 10.1. The average molecular weight is 316 g/mol. The third-order valence-electron chi connectivity index (χ3n) is 3.75. The lowest BCUT2D eigenvalue weighted by Gasteiger charge is -2.06. The number of ether oxygens (including phenoxy) is 1. The fourth-order valence-corrected chi connectivity index (χ4v) is 2.28. The summed E-state index contributed by atoms with van der Waals surface area (Å²) in [6.45, 7) is 4.19. The lowest BCUT2D eigenvalue weighted by molar-refractivity contribution is 0.482. The van der Waals surface area contributed by atoms with Gasteiger partial charge in [-0.2, -0.15) is 5.10 Å². The number of rotatable bonds is 5. The van der Waals surface area contributed by atoms with Gasteiger partial charge in [0.1, 0.15) is 11.5 Å². The zero-order valence-electron chi connectivity index (χ0n) is 13.9. The van der Waals surface area contributed by atoms with Crippen molar-refractivity contribution in [3.8, 4) is 11.5 Å². The standard InChI is InChI=1S/C21H20N2O/c1-16-11-12-19(13-17(16)2)23-22-15-18-7-6-10-21(14-18)24-20-8-4-3-5-9-20/h3-15,23H,1-2H3. The van der Waals surface area contributed by atoms with Gasteiger partial charge in [-0.3, -0.25) is 5.43 Å². The summed E-state index contributed by atoms with van der Waals surface area (Å²) in [6.07, 6.45) is 1.78. The Kier molecular flexibility index (Phi) is 4.92. The van der Waals surface area contributed by atoms with Crippen LogP contribution in [0.5, 0.6) is 11.5 Å². The first-order valence-corrected chi connectivity index (χ1v) is 7.90. The van der Waals surface area contributed by atoms with E-state index in [4.69, 9.17) is 4.74 Å². The fraction of sp³-hybridized carbons (Fsp3) is 0.0952. The van der Waals surface area contributed by atoms with Gasteiger partial charge >= 0.3 is 0 Å². The highest BCUT2D eigenvalue weighted by atomic mass is 16.5. The molecular formula is C21H20N2O. The number of anilines is 1. The van der Waals surface area contributed by atoms with Crippen molar-refractivity contribution in [2.45, 2.75) is 13.8 Å². The van der Waals surface area contributed by atoms with Crippen molar-refractivity contribution in [3.63, 3.8) is 0 Å². The molecule has 0 aromatic heterocycles. The van der Waals surface area contributed by atoms with Crippen LogP contribution in [0.4, 0.5) is 5.69 Å². The first kappa shape index (κ1) is 15.8. The molecule has 0 saturated carbocycles. The smallest absolute Gasteiger partial charge is 0.128 e. The monoisotopic (exact) mass is 316 g/mol. The van der Waals surface area contributed by atoms with Gasteiger partial charge in [-0.25, -0.2) is 0 Å². The Bertz CT molecular complexity index is 841. The number of para-hydroxylation sites is 1. The van der Waals surface area contributed by atoms with Crippen molar-refractivity contribution < 1.29 is 4.74 Å². The second-order valence-corrected chi connectivity index (χ2v) is 5.66. The minimum Gasteiger partial charge on any atom is -0.457 e. The van der Waals surface area contributed by atoms with Crippen molar-refractivity contribution in [2.24, 2.45) is 5.10 Å². The number of hydrogen-bond donors (Lipinski definition) is 1. The molecule has 3 aromatic rings. The quantitative estimate of drug-likeness (QED) is 0.495. The lowest BCUT2D eigenvalue weighted by Crippen LogP contribution is -1.92. The Balaban J connectivity index is 1.66. The normalized spacial score (nSPS) is 10.8. The summed E-state index contributed by atoms with van der Waals surface area (Å²) in [7, 11) is 0. The van der Waals surface area contributed by atoms with Crippen molar-refractivity contribution in [1.29, 1.82) is 0 Å². The van der Waals surface area contributed by atoms with Crippen LogP contribution in [0.15, 0.2) is 77.9 Å². The van der Waals surface area contributed by atoms with E-state index in [9.17, 15) is 0 Å². The first-order valence-electron chi connectivity index (χ1n) is 7.90. The first-order chi connectivity index (χ1) is 11.7. The van der Waals surface area contributed by atoms with E-state index >= 15 is 0 Å². The Hall–Kier alpha value is -3.07. The summed E-state index contributed by atoms with van der Waals surface area (Å²) >= 11 is 0. The van der Waals surface area contributed by atoms with Crippen LogP contribution in [-0.4, -0.2) is 6.21 Å².